The molecular weight excluding hydrogens is 328 g/mol. The molecule has 1 rings (SSSR count). The Morgan fingerprint density at radius 1 is 1.45 bits per heavy atom. The lowest BCUT2D eigenvalue weighted by Gasteiger charge is -2.29. The molecule has 0 heterocycles. The number of nitrogens with one attached hydrogen (secondary N) is 1. The summed E-state index contributed by atoms with van der Waals surface area (Å²) in [6, 6.07) is 7.17. The average molecular weight is 349 g/mol. The summed E-state index contributed by atoms with van der Waals surface area (Å²) in [5.74, 6) is -0.404. The minimum atomic E-state index is -3.39. The van der Waals surface area contributed by atoms with Crippen LogP contribution in [0, 0.1) is 0 Å². The maximum atomic E-state index is 11.9. The highest BCUT2D eigenvalue weighted by atomic mass is 35.5. The zero-order chi connectivity index (χ0) is 17.0. The Morgan fingerprint density at radius 2 is 2.09 bits per heavy atom. The van der Waals surface area contributed by atoms with Gasteiger partial charge in [0.05, 0.1) is 19.3 Å². The Balaban J connectivity index is 2.73. The number of carbonyl (C=O) groups excluding carboxylic acids is 1. The van der Waals surface area contributed by atoms with Crippen LogP contribution >= 0.6 is 11.6 Å². The largest absolute Gasteiger partial charge is 0.372 e. The zero-order valence-electron chi connectivity index (χ0n) is 13.1. The highest BCUT2D eigenvalue weighted by Crippen LogP contribution is 2.26. The molecule has 1 atom stereocenters. The van der Waals surface area contributed by atoms with Crippen molar-refractivity contribution in [2.45, 2.75) is 12.5 Å². The van der Waals surface area contributed by atoms with Gasteiger partial charge < -0.3 is 10.1 Å². The van der Waals surface area contributed by atoms with Crippen molar-refractivity contribution < 1.29 is 17.9 Å². The number of benzene rings is 1. The van der Waals surface area contributed by atoms with E-state index in [4.69, 9.17) is 16.3 Å². The molecule has 0 aliphatic carbocycles. The molecule has 0 aliphatic heterocycles. The van der Waals surface area contributed by atoms with Crippen LogP contribution in [0.2, 0.25) is 5.02 Å². The molecule has 0 bridgehead atoms. The smallest absolute Gasteiger partial charge is 0.235 e. The first-order chi connectivity index (χ1) is 10.1. The summed E-state index contributed by atoms with van der Waals surface area (Å²) in [6.45, 7) is 1.77. The predicted octanol–water partition coefficient (Wildman–Crippen LogP) is 1.21. The van der Waals surface area contributed by atoms with Gasteiger partial charge in [0, 0.05) is 19.2 Å². The molecule has 0 saturated heterocycles. The maximum Gasteiger partial charge on any atom is 0.235 e. The molecule has 0 fully saturated rings. The van der Waals surface area contributed by atoms with Crippen molar-refractivity contribution >= 4 is 27.5 Å². The van der Waals surface area contributed by atoms with Gasteiger partial charge in [0.2, 0.25) is 15.9 Å². The third-order valence-corrected chi connectivity index (χ3v) is 4.94. The van der Waals surface area contributed by atoms with Gasteiger partial charge in [0.15, 0.2) is 0 Å². The van der Waals surface area contributed by atoms with Crippen LogP contribution in [0.5, 0.6) is 0 Å². The van der Waals surface area contributed by atoms with Crippen molar-refractivity contribution in [1.82, 2.24) is 9.62 Å². The van der Waals surface area contributed by atoms with Crippen LogP contribution in [-0.4, -0.2) is 52.1 Å². The Labute approximate surface area is 136 Å². The second-order valence-electron chi connectivity index (χ2n) is 5.24. The van der Waals surface area contributed by atoms with Crippen molar-refractivity contribution in [3.8, 4) is 0 Å². The van der Waals surface area contributed by atoms with Crippen LogP contribution in [0.25, 0.3) is 0 Å². The van der Waals surface area contributed by atoms with Crippen molar-refractivity contribution in [2.24, 2.45) is 0 Å². The van der Waals surface area contributed by atoms with Crippen LogP contribution in [0.15, 0.2) is 24.3 Å². The van der Waals surface area contributed by atoms with Gasteiger partial charge >= 0.3 is 0 Å². The Hall–Kier alpha value is -1.15. The molecule has 1 aromatic rings. The molecule has 1 unspecified atom stereocenters. The number of halogens is 1. The fraction of sp³-hybridized carbons (Fsp3) is 0.500. The Kier molecular flexibility index (Phi) is 6.37. The van der Waals surface area contributed by atoms with E-state index in [2.05, 4.69) is 5.32 Å². The molecule has 22 heavy (non-hydrogen) atoms. The van der Waals surface area contributed by atoms with Crippen LogP contribution < -0.4 is 5.32 Å². The lowest BCUT2D eigenvalue weighted by atomic mass is 9.95. The van der Waals surface area contributed by atoms with E-state index in [1.54, 1.807) is 18.2 Å². The molecule has 0 saturated carbocycles. The van der Waals surface area contributed by atoms with Crippen LogP contribution in [0.1, 0.15) is 12.5 Å². The first-order valence-corrected chi connectivity index (χ1v) is 8.80. The van der Waals surface area contributed by atoms with E-state index in [-0.39, 0.29) is 13.1 Å². The fourth-order valence-electron chi connectivity index (χ4n) is 1.75. The lowest BCUT2D eigenvalue weighted by molar-refractivity contribution is -0.122. The molecule has 1 amide bonds. The second-order valence-corrected chi connectivity index (χ2v) is 7.77. The summed E-state index contributed by atoms with van der Waals surface area (Å²) < 4.78 is 29.1. The SMILES string of the molecule is COC(C)(CNC(=O)CN(C)S(C)(=O)=O)c1cccc(Cl)c1. The topological polar surface area (TPSA) is 75.7 Å². The third-order valence-electron chi connectivity index (χ3n) is 3.44. The van der Waals surface area contributed by atoms with Gasteiger partial charge in [-0.1, -0.05) is 23.7 Å². The fourth-order valence-corrected chi connectivity index (χ4v) is 2.29. The molecule has 8 heteroatoms. The Bertz CT molecular complexity index is 635. The zero-order valence-corrected chi connectivity index (χ0v) is 14.7. The summed E-state index contributed by atoms with van der Waals surface area (Å²) in [5.41, 5.74) is 0.0591. The van der Waals surface area contributed by atoms with Gasteiger partial charge in [-0.2, -0.15) is 4.31 Å². The molecule has 6 nitrogen and oxygen atoms in total. The number of amides is 1. The van der Waals surface area contributed by atoms with E-state index in [1.807, 2.05) is 13.0 Å². The minimum absolute atomic E-state index is 0.195. The number of carbonyl (C=O) groups is 1. The third kappa shape index (κ3) is 5.24. The number of rotatable bonds is 7. The number of hydrogen-bond acceptors (Lipinski definition) is 4. The summed E-state index contributed by atoms with van der Waals surface area (Å²) in [5, 5.41) is 3.26. The molecule has 0 spiro atoms. The van der Waals surface area contributed by atoms with E-state index in [9.17, 15) is 13.2 Å². The van der Waals surface area contributed by atoms with Gasteiger partial charge in [0.1, 0.15) is 5.60 Å². The van der Waals surface area contributed by atoms with E-state index < -0.39 is 21.5 Å². The number of sulfonamides is 1. The quantitative estimate of drug-likeness (QED) is 0.803. The summed E-state index contributed by atoms with van der Waals surface area (Å²) in [7, 11) is -0.505. The molecule has 1 N–H and O–H groups in total. The van der Waals surface area contributed by atoms with Gasteiger partial charge in [-0.15, -0.1) is 0 Å². The molecule has 0 aliphatic rings. The molecule has 124 valence electrons. The Morgan fingerprint density at radius 3 is 2.59 bits per heavy atom. The predicted molar refractivity (Wildman–Crippen MR) is 86.3 cm³/mol. The van der Waals surface area contributed by atoms with E-state index in [1.165, 1.54) is 14.2 Å². The van der Waals surface area contributed by atoms with Crippen molar-refractivity contribution in [1.29, 1.82) is 0 Å². The number of hydrogen-bond donors (Lipinski definition) is 1. The number of likely N-dealkylation sites (N-methyl/N-ethyl adjacent to an activating group) is 1. The average Bonchev–Trinajstić information content (AvgIpc) is 2.43. The number of nitrogens with zero attached hydrogens (tertiary/aromatic N) is 1. The van der Waals surface area contributed by atoms with Crippen LogP contribution in [0.3, 0.4) is 0 Å². The molecule has 0 aromatic heterocycles. The van der Waals surface area contributed by atoms with E-state index in [0.717, 1.165) is 16.1 Å². The van der Waals surface area contributed by atoms with Crippen LogP contribution in [0.4, 0.5) is 0 Å². The number of methoxy groups -OCH3 is 1. The van der Waals surface area contributed by atoms with Crippen molar-refractivity contribution in [3.05, 3.63) is 34.9 Å². The highest BCUT2D eigenvalue weighted by molar-refractivity contribution is 7.88. The first kappa shape index (κ1) is 18.9. The van der Waals surface area contributed by atoms with Gasteiger partial charge in [-0.25, -0.2) is 8.42 Å². The first-order valence-electron chi connectivity index (χ1n) is 6.58. The lowest BCUT2D eigenvalue weighted by Crippen LogP contribution is -2.44. The number of ether oxygens (including phenoxy) is 1. The summed E-state index contributed by atoms with van der Waals surface area (Å²) in [6.07, 6.45) is 1.05. The summed E-state index contributed by atoms with van der Waals surface area (Å²) >= 11 is 5.97. The molecular formula is C14H21ClN2O4S. The van der Waals surface area contributed by atoms with E-state index in [0.29, 0.717) is 5.02 Å². The van der Waals surface area contributed by atoms with Crippen molar-refractivity contribution in [3.63, 3.8) is 0 Å². The van der Waals surface area contributed by atoms with Crippen molar-refractivity contribution in [2.75, 3.05) is 33.5 Å². The maximum absolute atomic E-state index is 11.9. The van der Waals surface area contributed by atoms with Crippen LogP contribution in [-0.2, 0) is 25.2 Å². The second kappa shape index (κ2) is 7.41. The summed E-state index contributed by atoms with van der Waals surface area (Å²) in [4.78, 5) is 11.9. The minimum Gasteiger partial charge on any atom is -0.372 e. The molecule has 0 radical (unpaired) electrons. The van der Waals surface area contributed by atoms with E-state index >= 15 is 0 Å². The van der Waals surface area contributed by atoms with Gasteiger partial charge in [0.25, 0.3) is 0 Å². The normalized spacial score (nSPS) is 14.6. The van der Waals surface area contributed by atoms with Gasteiger partial charge in [-0.3, -0.25) is 4.79 Å². The highest BCUT2D eigenvalue weighted by Gasteiger charge is 2.27. The monoisotopic (exact) mass is 348 g/mol. The standard InChI is InChI=1S/C14H21ClN2O4S/c1-14(21-3,11-6-5-7-12(15)8-11)10-16-13(18)9-17(2)22(4,19)20/h5-8H,9-10H2,1-4H3,(H,16,18). The van der Waals surface area contributed by atoms with Gasteiger partial charge in [-0.05, 0) is 24.6 Å². The molecule has 1 aromatic carbocycles.